The Kier molecular flexibility index (Phi) is 14.5. The van der Waals surface area contributed by atoms with Crippen molar-refractivity contribution in [2.24, 2.45) is 0 Å². The molecule has 0 radical (unpaired) electrons. The molecule has 0 atom stereocenters. The zero-order chi connectivity index (χ0) is 19.6. The van der Waals surface area contributed by atoms with Gasteiger partial charge in [0.2, 0.25) is 0 Å². The van der Waals surface area contributed by atoms with Crippen molar-refractivity contribution in [3.63, 3.8) is 0 Å². The molecule has 0 aliphatic rings. The SMILES string of the molecule is CCCCCCCCCCCCCCCCOC(=O)Cc1ccc(O)cc1. The second-order valence-corrected chi connectivity index (χ2v) is 7.66. The number of esters is 1. The molecule has 1 aromatic carbocycles. The Morgan fingerprint density at radius 1 is 0.741 bits per heavy atom. The molecule has 1 N–H and O–H groups in total. The molecule has 0 heterocycles. The van der Waals surface area contributed by atoms with Gasteiger partial charge in [0.15, 0.2) is 0 Å². The summed E-state index contributed by atoms with van der Waals surface area (Å²) in [6.07, 6.45) is 18.9. The van der Waals surface area contributed by atoms with E-state index in [1.165, 1.54) is 77.0 Å². The largest absolute Gasteiger partial charge is 0.508 e. The number of aromatic hydroxyl groups is 1. The van der Waals surface area contributed by atoms with Crippen LogP contribution in [-0.2, 0) is 16.0 Å². The van der Waals surface area contributed by atoms with Gasteiger partial charge in [0, 0.05) is 0 Å². The van der Waals surface area contributed by atoms with Crippen molar-refractivity contribution in [1.82, 2.24) is 0 Å². The molecule has 3 nitrogen and oxygen atoms in total. The number of phenols is 1. The third-order valence-corrected chi connectivity index (χ3v) is 5.05. The summed E-state index contributed by atoms with van der Waals surface area (Å²) in [5.41, 5.74) is 0.874. The number of rotatable bonds is 17. The smallest absolute Gasteiger partial charge is 0.310 e. The lowest BCUT2D eigenvalue weighted by Gasteiger charge is -2.06. The number of hydrogen-bond acceptors (Lipinski definition) is 3. The minimum absolute atomic E-state index is 0.185. The summed E-state index contributed by atoms with van der Waals surface area (Å²) < 4.78 is 5.28. The Balaban J connectivity index is 1.81. The highest BCUT2D eigenvalue weighted by atomic mass is 16.5. The molecule has 0 aromatic heterocycles. The number of carbonyl (C=O) groups excluding carboxylic acids is 1. The lowest BCUT2D eigenvalue weighted by molar-refractivity contribution is -0.142. The quantitative estimate of drug-likeness (QED) is 0.236. The molecule has 154 valence electrons. The van der Waals surface area contributed by atoms with E-state index in [0.717, 1.165) is 18.4 Å². The topological polar surface area (TPSA) is 46.5 Å². The molecule has 0 amide bonds. The van der Waals surface area contributed by atoms with Crippen LogP contribution < -0.4 is 0 Å². The van der Waals surface area contributed by atoms with Crippen molar-refractivity contribution in [2.45, 2.75) is 103 Å². The fourth-order valence-corrected chi connectivity index (χ4v) is 3.31. The Morgan fingerprint density at radius 2 is 1.19 bits per heavy atom. The van der Waals surface area contributed by atoms with Gasteiger partial charge < -0.3 is 9.84 Å². The zero-order valence-corrected chi connectivity index (χ0v) is 17.4. The fourth-order valence-electron chi connectivity index (χ4n) is 3.31. The average molecular weight is 377 g/mol. The van der Waals surface area contributed by atoms with E-state index in [-0.39, 0.29) is 18.1 Å². The minimum Gasteiger partial charge on any atom is -0.508 e. The van der Waals surface area contributed by atoms with Gasteiger partial charge in [-0.3, -0.25) is 4.79 Å². The first kappa shape index (κ1) is 23.5. The van der Waals surface area contributed by atoms with Crippen LogP contribution in [0.5, 0.6) is 5.75 Å². The predicted molar refractivity (Wildman–Crippen MR) is 113 cm³/mol. The first-order valence-corrected chi connectivity index (χ1v) is 11.2. The van der Waals surface area contributed by atoms with Gasteiger partial charge in [0.25, 0.3) is 0 Å². The predicted octanol–water partition coefficient (Wildman–Crippen LogP) is 6.96. The van der Waals surface area contributed by atoms with E-state index in [4.69, 9.17) is 4.74 Å². The molecule has 27 heavy (non-hydrogen) atoms. The van der Waals surface area contributed by atoms with Crippen molar-refractivity contribution in [3.05, 3.63) is 29.8 Å². The molecule has 0 saturated heterocycles. The third-order valence-electron chi connectivity index (χ3n) is 5.05. The van der Waals surface area contributed by atoms with Crippen molar-refractivity contribution >= 4 is 5.97 Å². The Labute approximate surface area is 166 Å². The first-order valence-electron chi connectivity index (χ1n) is 11.2. The molecule has 1 aromatic rings. The molecular formula is C24H40O3. The maximum Gasteiger partial charge on any atom is 0.310 e. The van der Waals surface area contributed by atoms with Crippen LogP contribution in [0.2, 0.25) is 0 Å². The van der Waals surface area contributed by atoms with Crippen LogP contribution in [-0.4, -0.2) is 17.7 Å². The fraction of sp³-hybridized carbons (Fsp3) is 0.708. The highest BCUT2D eigenvalue weighted by Gasteiger charge is 2.04. The van der Waals surface area contributed by atoms with Crippen LogP contribution in [0.3, 0.4) is 0 Å². The van der Waals surface area contributed by atoms with Gasteiger partial charge in [-0.05, 0) is 24.1 Å². The number of carbonyl (C=O) groups is 1. The molecule has 0 unspecified atom stereocenters. The van der Waals surface area contributed by atoms with Crippen LogP contribution in [0.4, 0.5) is 0 Å². The standard InChI is InChI=1S/C24H40O3/c1-2-3-4-5-6-7-8-9-10-11-12-13-14-15-20-27-24(26)21-22-16-18-23(25)19-17-22/h16-19,25H,2-15,20-21H2,1H3. The lowest BCUT2D eigenvalue weighted by Crippen LogP contribution is -2.09. The normalized spacial score (nSPS) is 10.9. The van der Waals surface area contributed by atoms with Crippen molar-refractivity contribution in [1.29, 1.82) is 0 Å². The van der Waals surface area contributed by atoms with Crippen LogP contribution in [0.15, 0.2) is 24.3 Å². The summed E-state index contributed by atoms with van der Waals surface area (Å²) in [6, 6.07) is 6.69. The molecule has 0 spiro atoms. The number of unbranched alkanes of at least 4 members (excludes halogenated alkanes) is 13. The third kappa shape index (κ3) is 14.2. The maximum atomic E-state index is 11.7. The zero-order valence-electron chi connectivity index (χ0n) is 17.4. The summed E-state index contributed by atoms with van der Waals surface area (Å²) >= 11 is 0. The maximum absolute atomic E-state index is 11.7. The molecular weight excluding hydrogens is 336 g/mol. The lowest BCUT2D eigenvalue weighted by atomic mass is 10.0. The molecule has 0 aliphatic heterocycles. The van der Waals surface area contributed by atoms with Gasteiger partial charge in [0.1, 0.15) is 5.75 Å². The Bertz CT molecular complexity index is 467. The molecule has 0 fully saturated rings. The summed E-state index contributed by atoms with van der Waals surface area (Å²) in [7, 11) is 0. The highest BCUT2D eigenvalue weighted by Crippen LogP contribution is 2.13. The molecule has 0 bridgehead atoms. The van der Waals surface area contributed by atoms with Crippen molar-refractivity contribution in [2.75, 3.05) is 6.61 Å². The summed E-state index contributed by atoms with van der Waals surface area (Å²) in [6.45, 7) is 2.79. The molecule has 0 aliphatic carbocycles. The summed E-state index contributed by atoms with van der Waals surface area (Å²) in [5.74, 6) is 0.0323. The number of phenolic OH excluding ortho intramolecular Hbond substituents is 1. The van der Waals surface area contributed by atoms with Crippen LogP contribution in [0.25, 0.3) is 0 Å². The van der Waals surface area contributed by atoms with Crippen molar-refractivity contribution < 1.29 is 14.6 Å². The Hall–Kier alpha value is -1.51. The van der Waals surface area contributed by atoms with Gasteiger partial charge in [-0.25, -0.2) is 0 Å². The van der Waals surface area contributed by atoms with Gasteiger partial charge >= 0.3 is 5.97 Å². The second-order valence-electron chi connectivity index (χ2n) is 7.66. The Morgan fingerprint density at radius 3 is 1.67 bits per heavy atom. The second kappa shape index (κ2) is 16.6. The van der Waals surface area contributed by atoms with E-state index >= 15 is 0 Å². The van der Waals surface area contributed by atoms with Gasteiger partial charge in [-0.1, -0.05) is 103 Å². The average Bonchev–Trinajstić information content (AvgIpc) is 2.66. The molecule has 3 heteroatoms. The first-order chi connectivity index (χ1) is 13.2. The van der Waals surface area contributed by atoms with Gasteiger partial charge in [-0.15, -0.1) is 0 Å². The van der Waals surface area contributed by atoms with E-state index in [1.807, 2.05) is 0 Å². The summed E-state index contributed by atoms with van der Waals surface area (Å²) in [4.78, 5) is 11.7. The number of hydrogen-bond donors (Lipinski definition) is 1. The minimum atomic E-state index is -0.185. The van der Waals surface area contributed by atoms with Gasteiger partial charge in [-0.2, -0.15) is 0 Å². The monoisotopic (exact) mass is 376 g/mol. The molecule has 0 saturated carbocycles. The van der Waals surface area contributed by atoms with Gasteiger partial charge in [0.05, 0.1) is 13.0 Å². The number of ether oxygens (including phenoxy) is 1. The van der Waals surface area contributed by atoms with Crippen molar-refractivity contribution in [3.8, 4) is 5.75 Å². The van der Waals surface area contributed by atoms with E-state index in [2.05, 4.69) is 6.92 Å². The molecule has 1 rings (SSSR count). The van der Waals surface area contributed by atoms with E-state index in [1.54, 1.807) is 24.3 Å². The van der Waals surface area contributed by atoms with E-state index in [0.29, 0.717) is 6.61 Å². The van der Waals surface area contributed by atoms with E-state index in [9.17, 15) is 9.90 Å². The van der Waals surface area contributed by atoms with Crippen LogP contribution in [0, 0.1) is 0 Å². The van der Waals surface area contributed by atoms with E-state index < -0.39 is 0 Å². The summed E-state index contributed by atoms with van der Waals surface area (Å²) in [5, 5.41) is 9.23. The number of benzene rings is 1. The van der Waals surface area contributed by atoms with Crippen LogP contribution in [0.1, 0.15) is 102 Å². The van der Waals surface area contributed by atoms with Crippen LogP contribution >= 0.6 is 0 Å². The highest BCUT2D eigenvalue weighted by molar-refractivity contribution is 5.72.